The molecule has 16 rings (SSSR count). The van der Waals surface area contributed by atoms with Crippen LogP contribution in [0.5, 0.6) is 0 Å². The summed E-state index contributed by atoms with van der Waals surface area (Å²) >= 11 is 2.89. The average Bonchev–Trinajstić information content (AvgIpc) is 1.23. The molecule has 12 aromatic rings. The Morgan fingerprint density at radius 3 is 0.827 bits per heavy atom. The first-order valence-corrected chi connectivity index (χ1v) is 36.4. The second kappa shape index (κ2) is 32.8. The molecular weight excluding hydrogens is 1380 g/mol. The van der Waals surface area contributed by atoms with Crippen molar-refractivity contribution in [1.29, 1.82) is 0 Å². The van der Waals surface area contributed by atoms with Gasteiger partial charge in [-0.3, -0.25) is 12.2 Å². The Bertz CT molecular complexity index is 4340. The minimum atomic E-state index is 0. The van der Waals surface area contributed by atoms with Crippen LogP contribution in [0.15, 0.2) is 267 Å². The third-order valence-electron chi connectivity index (χ3n) is 18.4. The number of rotatable bonds is 4. The Morgan fingerprint density at radius 1 is 0.306 bits per heavy atom. The van der Waals surface area contributed by atoms with Crippen molar-refractivity contribution in [2.45, 2.75) is 130 Å². The first-order valence-electron chi connectivity index (χ1n) is 33.9. The van der Waals surface area contributed by atoms with Gasteiger partial charge in [-0.25, -0.2) is 24.3 Å². The van der Waals surface area contributed by atoms with Crippen molar-refractivity contribution >= 4 is 49.5 Å². The number of hydrogen-bond donors (Lipinski definition) is 0. The topological polar surface area (TPSA) is 0 Å². The van der Waals surface area contributed by atoms with E-state index in [9.17, 15) is 0 Å². The number of hydrogen-bond acceptors (Lipinski definition) is 0. The van der Waals surface area contributed by atoms with Crippen molar-refractivity contribution < 1.29 is 73.3 Å². The van der Waals surface area contributed by atoms with Crippen LogP contribution in [0.4, 0.5) is 0 Å². The van der Waals surface area contributed by atoms with Crippen LogP contribution < -0.4 is 24.8 Å². The van der Waals surface area contributed by atoms with Crippen LogP contribution in [0.3, 0.4) is 0 Å². The molecule has 0 bridgehead atoms. The molecule has 0 unspecified atom stereocenters. The Morgan fingerprint density at radius 2 is 0.582 bits per heavy atom. The zero-order valence-corrected chi connectivity index (χ0v) is 65.4. The van der Waals surface area contributed by atoms with Crippen LogP contribution in [0.1, 0.15) is 163 Å². The number of allylic oxidation sites excluding steroid dienone is 8. The standard InChI is InChI=1S/2C21H14.2C21H25.2C5H5.2ClH.2Zr/c2*1-3-7-20-14-16(9-11-18(20)5-1)13-17-10-12-19-6-2-4-8-21(19)15-17;2*1-20(2,3)16-9-7-14-11-15-8-10-17(21(4,5)6)13-19(15)18(14)12-16;2*1-2-4-5-3-1;;;;/h2*1-12,14-15H;2*7,9-10,12-13H,11H2,1-6H3;2*1-3H,4H2;2*1H;;/q;;4*-1;;;2*+2/p-2. The van der Waals surface area contributed by atoms with Crippen molar-refractivity contribution in [1.82, 2.24) is 0 Å². The summed E-state index contributed by atoms with van der Waals surface area (Å²) < 4.78 is 2.81. The van der Waals surface area contributed by atoms with Gasteiger partial charge >= 0.3 is 290 Å². The molecule has 0 atom stereocenters. The molecular formula is C94H88Cl2Zr2-2. The van der Waals surface area contributed by atoms with Crippen LogP contribution in [-0.4, -0.2) is 6.41 Å². The molecule has 0 radical (unpaired) electrons. The van der Waals surface area contributed by atoms with E-state index in [1.54, 1.807) is 0 Å². The first kappa shape index (κ1) is 74.9. The maximum atomic E-state index is 3.53. The van der Waals surface area contributed by atoms with E-state index in [0.29, 0.717) is 0 Å². The average molecular weight is 1470 g/mol. The van der Waals surface area contributed by atoms with Gasteiger partial charge in [0.05, 0.1) is 0 Å². The Balaban J connectivity index is 0.000000144. The summed E-state index contributed by atoms with van der Waals surface area (Å²) in [5.74, 6) is 0. The number of halogens is 2. The van der Waals surface area contributed by atoms with E-state index in [1.807, 2.05) is 24.3 Å². The molecule has 0 heterocycles. The van der Waals surface area contributed by atoms with Gasteiger partial charge < -0.3 is 24.8 Å². The van der Waals surface area contributed by atoms with E-state index in [2.05, 4.69) is 350 Å². The predicted octanol–water partition coefficient (Wildman–Crippen LogP) is 18.1. The van der Waals surface area contributed by atoms with Crippen LogP contribution in [0, 0.1) is 24.3 Å². The van der Waals surface area contributed by atoms with Gasteiger partial charge in [0.1, 0.15) is 0 Å². The molecule has 0 aliphatic heterocycles. The van der Waals surface area contributed by atoms with Gasteiger partial charge in [0.15, 0.2) is 0 Å². The SMILES string of the molecule is CC(C)(C)c1c[c-]c2c(c1)-c1cc(C(C)(C)C)ccc1C2.CC(C)(C)c1c[c-]c2c(c1)-c1cc(C(C)(C)C)ccc1C2.[C-]1=CC=CC1.[C-]1=CC=CC1.[Cl-].[Cl-].[Zr+2]=[C](c1ccc2ccccc2c1)c1ccc2ccccc2c1.[Zr+2]=[C](c1ccc2ccccc2c1)c1ccc2ccccc2c1. The predicted molar refractivity (Wildman–Crippen MR) is 407 cm³/mol. The fraction of sp³-hybridized carbons (Fsp3) is 0.213. The molecule has 12 aromatic carbocycles. The third kappa shape index (κ3) is 18.8. The fourth-order valence-corrected chi connectivity index (χ4v) is 13.9. The van der Waals surface area contributed by atoms with E-state index in [0.717, 1.165) is 25.7 Å². The van der Waals surface area contributed by atoms with Crippen LogP contribution >= 0.6 is 0 Å². The fourth-order valence-electron chi connectivity index (χ4n) is 12.4. The zero-order chi connectivity index (χ0) is 67.8. The molecule has 0 aromatic heterocycles. The molecule has 4 heteroatoms. The molecule has 4 aliphatic carbocycles. The molecule has 0 saturated heterocycles. The molecule has 0 nitrogen and oxygen atoms in total. The molecule has 488 valence electrons. The Labute approximate surface area is 627 Å². The Kier molecular flexibility index (Phi) is 25.1. The molecule has 4 aliphatic rings. The Hall–Kier alpha value is -7.27. The third-order valence-corrected chi connectivity index (χ3v) is 21.2. The minimum absolute atomic E-state index is 0. The number of benzene rings is 12. The van der Waals surface area contributed by atoms with Crippen LogP contribution in [0.2, 0.25) is 0 Å². The molecule has 0 spiro atoms. The van der Waals surface area contributed by atoms with Gasteiger partial charge in [0.25, 0.3) is 0 Å². The van der Waals surface area contributed by atoms with Crippen molar-refractivity contribution in [3.8, 4) is 22.3 Å². The molecule has 0 fully saturated rings. The van der Waals surface area contributed by atoms with Gasteiger partial charge in [-0.2, -0.15) is 70.8 Å². The van der Waals surface area contributed by atoms with Crippen molar-refractivity contribution in [2.75, 3.05) is 0 Å². The summed E-state index contributed by atoms with van der Waals surface area (Å²) in [5.41, 5.74) is 22.8. The van der Waals surface area contributed by atoms with E-state index < -0.39 is 0 Å². The summed E-state index contributed by atoms with van der Waals surface area (Å²) in [6.45, 7) is 27.3. The normalized spacial score (nSPS) is 12.7. The van der Waals surface area contributed by atoms with Gasteiger partial charge in [-0.15, -0.1) is 24.0 Å². The second-order valence-corrected chi connectivity index (χ2v) is 32.1. The summed E-state index contributed by atoms with van der Waals surface area (Å²) in [5, 5.41) is 10.4. The molecule has 0 amide bonds. The first-order chi connectivity index (χ1) is 45.9. The van der Waals surface area contributed by atoms with E-state index in [1.165, 1.54) is 187 Å². The summed E-state index contributed by atoms with van der Waals surface area (Å²) in [7, 11) is 0. The second-order valence-electron chi connectivity index (χ2n) is 29.7. The van der Waals surface area contributed by atoms with Crippen molar-refractivity contribution in [3.05, 3.63) is 358 Å². The summed E-state index contributed by atoms with van der Waals surface area (Å²) in [6, 6.07) is 91.3. The quantitative estimate of drug-likeness (QED) is 0.154. The monoisotopic (exact) mass is 1470 g/mol. The van der Waals surface area contributed by atoms with Gasteiger partial charge in [0, 0.05) is 0 Å². The van der Waals surface area contributed by atoms with Gasteiger partial charge in [0.2, 0.25) is 0 Å². The maximum absolute atomic E-state index is 3.53. The number of fused-ring (bicyclic) bond motifs is 10. The van der Waals surface area contributed by atoms with Gasteiger partial charge in [-0.05, 0) is 34.8 Å². The van der Waals surface area contributed by atoms with Crippen molar-refractivity contribution in [3.63, 3.8) is 0 Å². The summed E-state index contributed by atoms with van der Waals surface area (Å²) in [6.07, 6.45) is 22.1. The molecule has 0 N–H and O–H groups in total. The van der Waals surface area contributed by atoms with Gasteiger partial charge in [-0.1, -0.05) is 153 Å². The van der Waals surface area contributed by atoms with Crippen molar-refractivity contribution in [2.24, 2.45) is 0 Å². The van der Waals surface area contributed by atoms with E-state index >= 15 is 0 Å². The van der Waals surface area contributed by atoms with Crippen LogP contribution in [-0.2, 0) is 83.0 Å². The van der Waals surface area contributed by atoms with Crippen LogP contribution in [0.25, 0.3) is 65.3 Å². The zero-order valence-electron chi connectivity index (χ0n) is 59.0. The van der Waals surface area contributed by atoms with E-state index in [4.69, 9.17) is 0 Å². The van der Waals surface area contributed by atoms with E-state index in [-0.39, 0.29) is 46.5 Å². The molecule has 0 saturated carbocycles. The summed E-state index contributed by atoms with van der Waals surface area (Å²) in [4.78, 5) is 0. The molecule has 98 heavy (non-hydrogen) atoms.